The van der Waals surface area contributed by atoms with E-state index in [0.29, 0.717) is 12.8 Å². The van der Waals surface area contributed by atoms with E-state index in [9.17, 15) is 14.7 Å². The standard InChI is InChI=1S/C43H69NO4/c1-3-5-7-9-11-13-15-17-19-20-21-22-24-26-28-30-32-34-36-38-43(47)48-40-41(45)39-44-42(46)37-35-33-31-29-27-25-23-18-16-14-12-10-8-6-4-2/h5,7,11-14,17-19,21-23,26,28,32,34,41,45H,3-4,6,8-10,15-16,20,24-25,27,29-31,33,35-40H2,1-2H3,(H,44,46)/b7-5-,13-11-,14-12-,19-17-,22-21-,23-18-,28-26-,34-32-. The first-order valence-electron chi connectivity index (χ1n) is 18.9. The molecule has 0 aliphatic carbocycles. The highest BCUT2D eigenvalue weighted by Crippen LogP contribution is 2.08. The van der Waals surface area contributed by atoms with Gasteiger partial charge in [0.25, 0.3) is 0 Å². The van der Waals surface area contributed by atoms with Crippen LogP contribution in [0.5, 0.6) is 0 Å². The van der Waals surface area contributed by atoms with Gasteiger partial charge in [-0.25, -0.2) is 0 Å². The van der Waals surface area contributed by atoms with E-state index < -0.39 is 6.10 Å². The van der Waals surface area contributed by atoms with Gasteiger partial charge in [-0.1, -0.05) is 143 Å². The van der Waals surface area contributed by atoms with Crippen molar-refractivity contribution >= 4 is 11.9 Å². The van der Waals surface area contributed by atoms with E-state index >= 15 is 0 Å². The van der Waals surface area contributed by atoms with Crippen molar-refractivity contribution in [2.75, 3.05) is 13.2 Å². The maximum absolute atomic E-state index is 12.1. The number of esters is 1. The Bertz CT molecular complexity index is 983. The Balaban J connectivity index is 3.64. The highest BCUT2D eigenvalue weighted by atomic mass is 16.5. The van der Waals surface area contributed by atoms with Gasteiger partial charge in [0.15, 0.2) is 0 Å². The van der Waals surface area contributed by atoms with Gasteiger partial charge in [-0.05, 0) is 83.5 Å². The third kappa shape index (κ3) is 37.3. The summed E-state index contributed by atoms with van der Waals surface area (Å²) in [7, 11) is 0. The van der Waals surface area contributed by atoms with Crippen LogP contribution in [0.15, 0.2) is 97.2 Å². The molecule has 1 amide bonds. The van der Waals surface area contributed by atoms with E-state index in [1.165, 1.54) is 38.5 Å². The zero-order chi connectivity index (χ0) is 35.0. The zero-order valence-corrected chi connectivity index (χ0v) is 30.5. The molecule has 48 heavy (non-hydrogen) atoms. The second-order valence-electron chi connectivity index (χ2n) is 12.1. The Hall–Kier alpha value is -3.18. The van der Waals surface area contributed by atoms with Gasteiger partial charge in [0.2, 0.25) is 5.91 Å². The quantitative estimate of drug-likeness (QED) is 0.0427. The van der Waals surface area contributed by atoms with Gasteiger partial charge >= 0.3 is 5.97 Å². The number of carbonyl (C=O) groups excluding carboxylic acids is 2. The van der Waals surface area contributed by atoms with E-state index in [-0.39, 0.29) is 31.4 Å². The van der Waals surface area contributed by atoms with Crippen LogP contribution in [-0.2, 0) is 14.3 Å². The van der Waals surface area contributed by atoms with Crippen LogP contribution in [0.25, 0.3) is 0 Å². The summed E-state index contributed by atoms with van der Waals surface area (Å²) in [5, 5.41) is 12.8. The highest BCUT2D eigenvalue weighted by Gasteiger charge is 2.10. The van der Waals surface area contributed by atoms with Crippen LogP contribution in [0.3, 0.4) is 0 Å². The Kier molecular flexibility index (Phi) is 35.7. The molecule has 0 aliphatic heterocycles. The smallest absolute Gasteiger partial charge is 0.306 e. The van der Waals surface area contributed by atoms with Gasteiger partial charge in [0.05, 0.1) is 0 Å². The van der Waals surface area contributed by atoms with Gasteiger partial charge in [0.1, 0.15) is 12.7 Å². The maximum atomic E-state index is 12.1. The van der Waals surface area contributed by atoms with Crippen molar-refractivity contribution in [3.63, 3.8) is 0 Å². The fourth-order valence-corrected chi connectivity index (χ4v) is 4.58. The number of allylic oxidation sites excluding steroid dienone is 16. The van der Waals surface area contributed by atoms with Crippen LogP contribution in [0, 0.1) is 0 Å². The lowest BCUT2D eigenvalue weighted by atomic mass is 10.1. The van der Waals surface area contributed by atoms with Crippen LogP contribution in [0.2, 0.25) is 0 Å². The van der Waals surface area contributed by atoms with Crippen LogP contribution < -0.4 is 5.32 Å². The molecule has 0 aliphatic rings. The average molecular weight is 664 g/mol. The van der Waals surface area contributed by atoms with Crippen LogP contribution in [0.4, 0.5) is 0 Å². The Labute approximate surface area is 294 Å². The predicted molar refractivity (Wildman–Crippen MR) is 207 cm³/mol. The number of carbonyl (C=O) groups is 2. The summed E-state index contributed by atoms with van der Waals surface area (Å²) >= 11 is 0. The number of aliphatic hydroxyl groups is 1. The molecule has 1 unspecified atom stereocenters. The second kappa shape index (κ2) is 38.3. The number of hydrogen-bond acceptors (Lipinski definition) is 4. The summed E-state index contributed by atoms with van der Waals surface area (Å²) in [6.45, 7) is 4.37. The SMILES string of the molecule is CC/C=C\C/C=C\C/C=C\C/C=C\C/C=C\C/C=C\CCC(=O)OCC(O)CNC(=O)CCCCCCC/C=C\C/C=C\CCCCC. The summed E-state index contributed by atoms with van der Waals surface area (Å²) in [4.78, 5) is 24.0. The Morgan fingerprint density at radius 2 is 0.979 bits per heavy atom. The lowest BCUT2D eigenvalue weighted by Crippen LogP contribution is -2.35. The zero-order valence-electron chi connectivity index (χ0n) is 30.5. The van der Waals surface area contributed by atoms with Gasteiger partial charge in [-0.15, -0.1) is 0 Å². The van der Waals surface area contributed by atoms with Crippen LogP contribution in [-0.4, -0.2) is 36.2 Å². The Morgan fingerprint density at radius 1 is 0.542 bits per heavy atom. The van der Waals surface area contributed by atoms with Crippen molar-refractivity contribution in [2.24, 2.45) is 0 Å². The van der Waals surface area contributed by atoms with Crippen molar-refractivity contribution in [3.05, 3.63) is 97.2 Å². The van der Waals surface area contributed by atoms with E-state index in [4.69, 9.17) is 4.74 Å². The molecule has 0 aromatic carbocycles. The molecule has 0 heterocycles. The normalized spacial score (nSPS) is 13.3. The third-order valence-corrected chi connectivity index (χ3v) is 7.44. The molecule has 0 aromatic rings. The number of amides is 1. The molecule has 5 heteroatoms. The van der Waals surface area contributed by atoms with Gasteiger partial charge in [0, 0.05) is 19.4 Å². The molecular weight excluding hydrogens is 594 g/mol. The minimum Gasteiger partial charge on any atom is -0.463 e. The lowest BCUT2D eigenvalue weighted by molar-refractivity contribution is -0.146. The molecule has 0 rings (SSSR count). The van der Waals surface area contributed by atoms with E-state index in [2.05, 4.69) is 104 Å². The van der Waals surface area contributed by atoms with Crippen LogP contribution in [0.1, 0.15) is 142 Å². The van der Waals surface area contributed by atoms with Crippen molar-refractivity contribution in [1.29, 1.82) is 0 Å². The average Bonchev–Trinajstić information content (AvgIpc) is 3.09. The summed E-state index contributed by atoms with van der Waals surface area (Å²) in [6, 6.07) is 0. The fraction of sp³-hybridized carbons (Fsp3) is 0.581. The number of ether oxygens (including phenoxy) is 1. The molecule has 0 saturated carbocycles. The van der Waals surface area contributed by atoms with Crippen molar-refractivity contribution in [2.45, 2.75) is 148 Å². The summed E-state index contributed by atoms with van der Waals surface area (Å²) < 4.78 is 5.15. The van der Waals surface area contributed by atoms with Crippen molar-refractivity contribution in [3.8, 4) is 0 Å². The topological polar surface area (TPSA) is 75.6 Å². The molecule has 2 N–H and O–H groups in total. The molecule has 270 valence electrons. The second-order valence-corrected chi connectivity index (χ2v) is 12.1. The monoisotopic (exact) mass is 664 g/mol. The molecule has 0 saturated heterocycles. The number of unbranched alkanes of at least 4 members (excludes halogenated alkanes) is 8. The molecule has 5 nitrogen and oxygen atoms in total. The molecule has 0 aromatic heterocycles. The van der Waals surface area contributed by atoms with Gasteiger partial charge in [-0.2, -0.15) is 0 Å². The van der Waals surface area contributed by atoms with E-state index in [1.54, 1.807) is 0 Å². The number of nitrogens with one attached hydrogen (secondary N) is 1. The number of hydrogen-bond donors (Lipinski definition) is 2. The minimum atomic E-state index is -0.895. The predicted octanol–water partition coefficient (Wildman–Crippen LogP) is 11.3. The maximum Gasteiger partial charge on any atom is 0.306 e. The van der Waals surface area contributed by atoms with E-state index in [1.807, 2.05) is 12.2 Å². The number of rotatable bonds is 32. The van der Waals surface area contributed by atoms with E-state index in [0.717, 1.165) is 70.6 Å². The molecule has 0 fully saturated rings. The fourth-order valence-electron chi connectivity index (χ4n) is 4.58. The van der Waals surface area contributed by atoms with Gasteiger partial charge in [-0.3, -0.25) is 9.59 Å². The molecule has 0 radical (unpaired) electrons. The molecular formula is C43H69NO4. The molecule has 0 spiro atoms. The molecule has 1 atom stereocenters. The largest absolute Gasteiger partial charge is 0.463 e. The first-order valence-corrected chi connectivity index (χ1v) is 18.9. The summed E-state index contributed by atoms with van der Waals surface area (Å²) in [5.41, 5.74) is 0. The first kappa shape index (κ1) is 44.8. The lowest BCUT2D eigenvalue weighted by Gasteiger charge is -2.12. The highest BCUT2D eigenvalue weighted by molar-refractivity contribution is 5.75. The van der Waals surface area contributed by atoms with Crippen molar-refractivity contribution in [1.82, 2.24) is 5.32 Å². The van der Waals surface area contributed by atoms with Gasteiger partial charge < -0.3 is 15.2 Å². The molecule has 0 bridgehead atoms. The summed E-state index contributed by atoms with van der Waals surface area (Å²) in [5.74, 6) is -0.409. The third-order valence-electron chi connectivity index (χ3n) is 7.44. The first-order chi connectivity index (χ1) is 23.6. The minimum absolute atomic E-state index is 0.0660. The van der Waals surface area contributed by atoms with Crippen LogP contribution >= 0.6 is 0 Å². The summed E-state index contributed by atoms with van der Waals surface area (Å²) in [6.07, 6.45) is 53.8. The van der Waals surface area contributed by atoms with Crippen molar-refractivity contribution < 1.29 is 19.4 Å². The Morgan fingerprint density at radius 3 is 1.50 bits per heavy atom. The number of aliphatic hydroxyl groups excluding tert-OH is 1.